The summed E-state index contributed by atoms with van der Waals surface area (Å²) >= 11 is 0. The van der Waals surface area contributed by atoms with E-state index in [-0.39, 0.29) is 23.3 Å². The molecule has 0 N–H and O–H groups in total. The molecule has 0 saturated carbocycles. The molecule has 0 aromatic heterocycles. The molecule has 0 radical (unpaired) electrons. The van der Waals surface area contributed by atoms with Crippen LogP contribution in [0.1, 0.15) is 41.7 Å². The Morgan fingerprint density at radius 1 is 1.00 bits per heavy atom. The first-order chi connectivity index (χ1) is 11.6. The fourth-order valence-corrected chi connectivity index (χ4v) is 3.48. The van der Waals surface area contributed by atoms with E-state index in [1.54, 1.807) is 0 Å². The molecule has 1 atom stereocenters. The number of hydrogen-bond donors (Lipinski definition) is 0. The molecular weight excluding hydrogens is 308 g/mol. The van der Waals surface area contributed by atoms with Gasteiger partial charge in [0.05, 0.1) is 0 Å². The first-order valence-corrected chi connectivity index (χ1v) is 8.35. The molecule has 1 heterocycles. The number of halogens is 2. The molecule has 24 heavy (non-hydrogen) atoms. The fourth-order valence-electron chi connectivity index (χ4n) is 3.48. The van der Waals surface area contributed by atoms with Gasteiger partial charge in [-0.1, -0.05) is 36.4 Å². The lowest BCUT2D eigenvalue weighted by molar-refractivity contribution is 0.0796. The minimum Gasteiger partial charge on any atom is -0.296 e. The molecule has 1 aliphatic rings. The normalized spacial score (nSPS) is 17.6. The van der Waals surface area contributed by atoms with Gasteiger partial charge >= 0.3 is 0 Å². The van der Waals surface area contributed by atoms with Crippen LogP contribution in [0.5, 0.6) is 0 Å². The second-order valence-corrected chi connectivity index (χ2v) is 6.35. The van der Waals surface area contributed by atoms with Crippen LogP contribution in [0.4, 0.5) is 8.78 Å². The molecule has 2 aromatic carbocycles. The molecule has 0 amide bonds. The molecule has 1 fully saturated rings. The molecule has 126 valence electrons. The summed E-state index contributed by atoms with van der Waals surface area (Å²) in [5.74, 6) is -0.865. The Hall–Kier alpha value is -2.07. The molecule has 0 aliphatic carbocycles. The zero-order valence-corrected chi connectivity index (χ0v) is 13.7. The van der Waals surface area contributed by atoms with E-state index >= 15 is 0 Å². The number of likely N-dealkylation sites (tertiary alicyclic amines) is 1. The Kier molecular flexibility index (Phi) is 5.05. The first-order valence-electron chi connectivity index (χ1n) is 8.35. The summed E-state index contributed by atoms with van der Waals surface area (Å²) in [4.78, 5) is 14.6. The molecule has 0 spiro atoms. The molecule has 2 aromatic rings. The van der Waals surface area contributed by atoms with Crippen LogP contribution < -0.4 is 0 Å². The predicted octanol–water partition coefficient (Wildman–Crippen LogP) is 4.62. The maximum absolute atomic E-state index is 14.0. The van der Waals surface area contributed by atoms with Crippen molar-refractivity contribution in [3.8, 4) is 0 Å². The number of piperidine rings is 1. The van der Waals surface area contributed by atoms with E-state index in [4.69, 9.17) is 0 Å². The van der Waals surface area contributed by atoms with Gasteiger partial charge in [-0.05, 0) is 45.0 Å². The topological polar surface area (TPSA) is 20.3 Å². The van der Waals surface area contributed by atoms with Crippen molar-refractivity contribution in [1.29, 1.82) is 0 Å². The minimum atomic E-state index is -0.509. The highest BCUT2D eigenvalue weighted by atomic mass is 19.1. The molecule has 1 aliphatic heterocycles. The summed E-state index contributed by atoms with van der Waals surface area (Å²) in [6.07, 6.45) is 1.43. The van der Waals surface area contributed by atoms with E-state index in [2.05, 4.69) is 4.90 Å². The first kappa shape index (κ1) is 16.8. The summed E-state index contributed by atoms with van der Waals surface area (Å²) in [6, 6.07) is 12.9. The summed E-state index contributed by atoms with van der Waals surface area (Å²) < 4.78 is 27.9. The molecule has 1 unspecified atom stereocenters. The third-order valence-electron chi connectivity index (χ3n) is 4.92. The van der Waals surface area contributed by atoms with Crippen molar-refractivity contribution in [2.45, 2.75) is 25.8 Å². The largest absolute Gasteiger partial charge is 0.296 e. The Balaban J connectivity index is 1.66. The van der Waals surface area contributed by atoms with Crippen molar-refractivity contribution < 1.29 is 13.6 Å². The number of carbonyl (C=O) groups excluding carboxylic acids is 1. The highest BCUT2D eigenvalue weighted by Crippen LogP contribution is 2.30. The lowest BCUT2D eigenvalue weighted by Gasteiger charge is -2.36. The second kappa shape index (κ2) is 7.22. The van der Waals surface area contributed by atoms with Gasteiger partial charge in [0.2, 0.25) is 0 Å². The van der Waals surface area contributed by atoms with E-state index in [0.717, 1.165) is 5.56 Å². The second-order valence-electron chi connectivity index (χ2n) is 6.35. The van der Waals surface area contributed by atoms with E-state index in [1.807, 2.05) is 37.3 Å². The minimum absolute atomic E-state index is 0.0127. The van der Waals surface area contributed by atoms with Crippen LogP contribution in [0.3, 0.4) is 0 Å². The van der Waals surface area contributed by atoms with Gasteiger partial charge in [0.1, 0.15) is 11.6 Å². The third kappa shape index (κ3) is 3.39. The van der Waals surface area contributed by atoms with Crippen molar-refractivity contribution in [1.82, 2.24) is 4.90 Å². The van der Waals surface area contributed by atoms with E-state index in [0.29, 0.717) is 25.9 Å². The van der Waals surface area contributed by atoms with Crippen molar-refractivity contribution in [3.05, 3.63) is 71.3 Å². The van der Waals surface area contributed by atoms with Crippen LogP contribution in [0.2, 0.25) is 0 Å². The molecule has 4 heteroatoms. The third-order valence-corrected chi connectivity index (χ3v) is 4.92. The average molecular weight is 329 g/mol. The summed E-state index contributed by atoms with van der Waals surface area (Å²) in [5, 5.41) is 0. The fraction of sp³-hybridized carbons (Fsp3) is 0.350. The lowest BCUT2D eigenvalue weighted by atomic mass is 9.88. The van der Waals surface area contributed by atoms with Crippen molar-refractivity contribution in [3.63, 3.8) is 0 Å². The number of rotatable bonds is 4. The molecule has 0 bridgehead atoms. The Labute approximate surface area is 141 Å². The van der Waals surface area contributed by atoms with E-state index < -0.39 is 11.6 Å². The van der Waals surface area contributed by atoms with Crippen LogP contribution in [-0.4, -0.2) is 23.8 Å². The highest BCUT2D eigenvalue weighted by Gasteiger charge is 2.30. The van der Waals surface area contributed by atoms with Crippen molar-refractivity contribution in [2.75, 3.05) is 13.1 Å². The molecule has 2 nitrogen and oxygen atoms in total. The SMILES string of the molecule is CC(c1c(F)cccc1F)N1CCC(C(=O)c2ccccc2)CC1. The summed E-state index contributed by atoms with van der Waals surface area (Å²) in [7, 11) is 0. The van der Waals surface area contributed by atoms with Crippen molar-refractivity contribution in [2.24, 2.45) is 5.92 Å². The maximum atomic E-state index is 14.0. The van der Waals surface area contributed by atoms with Crippen LogP contribution >= 0.6 is 0 Å². The number of ketones is 1. The Bertz CT molecular complexity index is 689. The van der Waals surface area contributed by atoms with E-state index in [1.165, 1.54) is 18.2 Å². The smallest absolute Gasteiger partial charge is 0.166 e. The van der Waals surface area contributed by atoms with Crippen molar-refractivity contribution >= 4 is 5.78 Å². The number of Topliss-reactive ketones (excluding diaryl/α,β-unsaturated/α-hetero) is 1. The average Bonchev–Trinajstić information content (AvgIpc) is 2.62. The van der Waals surface area contributed by atoms with Crippen LogP contribution in [0.25, 0.3) is 0 Å². The molecular formula is C20H21F2NO. The number of benzene rings is 2. The van der Waals surface area contributed by atoms with Gasteiger partial charge in [-0.2, -0.15) is 0 Å². The van der Waals surface area contributed by atoms with Gasteiger partial charge in [-0.25, -0.2) is 8.78 Å². The summed E-state index contributed by atoms with van der Waals surface area (Å²) in [6.45, 7) is 3.15. The van der Waals surface area contributed by atoms with Gasteiger partial charge in [-0.3, -0.25) is 9.69 Å². The number of carbonyl (C=O) groups is 1. The molecule has 1 saturated heterocycles. The van der Waals surface area contributed by atoms with Crippen LogP contribution in [0, 0.1) is 17.6 Å². The van der Waals surface area contributed by atoms with Gasteiger partial charge < -0.3 is 0 Å². The van der Waals surface area contributed by atoms with Gasteiger partial charge in [0.25, 0.3) is 0 Å². The Morgan fingerprint density at radius 3 is 2.17 bits per heavy atom. The van der Waals surface area contributed by atoms with Gasteiger partial charge in [-0.15, -0.1) is 0 Å². The maximum Gasteiger partial charge on any atom is 0.166 e. The van der Waals surface area contributed by atoms with Crippen LogP contribution in [0.15, 0.2) is 48.5 Å². The van der Waals surface area contributed by atoms with Gasteiger partial charge in [0.15, 0.2) is 5.78 Å². The van der Waals surface area contributed by atoms with E-state index in [9.17, 15) is 13.6 Å². The zero-order chi connectivity index (χ0) is 17.1. The molecule has 3 rings (SSSR count). The van der Waals surface area contributed by atoms with Gasteiger partial charge in [0, 0.05) is 23.1 Å². The standard InChI is InChI=1S/C20H21F2NO/c1-14(19-17(21)8-5-9-18(19)22)23-12-10-16(11-13-23)20(24)15-6-3-2-4-7-15/h2-9,14,16H,10-13H2,1H3. The predicted molar refractivity (Wildman–Crippen MR) is 89.8 cm³/mol. The number of nitrogens with zero attached hydrogens (tertiary/aromatic N) is 1. The highest BCUT2D eigenvalue weighted by molar-refractivity contribution is 5.97. The van der Waals surface area contributed by atoms with Crippen LogP contribution in [-0.2, 0) is 0 Å². The monoisotopic (exact) mass is 329 g/mol. The Morgan fingerprint density at radius 2 is 1.58 bits per heavy atom. The number of hydrogen-bond acceptors (Lipinski definition) is 2. The summed E-state index contributed by atoms with van der Waals surface area (Å²) in [5.41, 5.74) is 0.856. The lowest BCUT2D eigenvalue weighted by Crippen LogP contribution is -2.38. The zero-order valence-electron chi connectivity index (χ0n) is 13.7. The quantitative estimate of drug-likeness (QED) is 0.763.